The molecule has 0 radical (unpaired) electrons. The van der Waals surface area contributed by atoms with Gasteiger partial charge < -0.3 is 24.4 Å². The van der Waals surface area contributed by atoms with Crippen molar-refractivity contribution in [1.29, 1.82) is 0 Å². The fraction of sp³-hybridized carbons (Fsp3) is 0.353. The summed E-state index contributed by atoms with van der Waals surface area (Å²) < 4.78 is 10.5. The Morgan fingerprint density at radius 3 is 2.79 bits per heavy atom. The first kappa shape index (κ1) is 17.5. The van der Waals surface area contributed by atoms with Crippen molar-refractivity contribution in [2.45, 2.75) is 26.2 Å². The minimum Gasteiger partial charge on any atom is -0.550 e. The maximum atomic E-state index is 11.6. The molecule has 1 aromatic heterocycles. The van der Waals surface area contributed by atoms with Crippen molar-refractivity contribution in [2.75, 3.05) is 13.2 Å². The van der Waals surface area contributed by atoms with E-state index in [-0.39, 0.29) is 25.5 Å². The Morgan fingerprint density at radius 2 is 2.08 bits per heavy atom. The van der Waals surface area contributed by atoms with E-state index in [1.165, 1.54) is 6.07 Å². The summed E-state index contributed by atoms with van der Waals surface area (Å²) in [5, 5.41) is 13.6. The van der Waals surface area contributed by atoms with Crippen LogP contribution in [0.5, 0.6) is 5.75 Å². The summed E-state index contributed by atoms with van der Waals surface area (Å²) in [7, 11) is 0. The van der Waals surface area contributed by atoms with Gasteiger partial charge in [0.05, 0.1) is 0 Å². The highest BCUT2D eigenvalue weighted by Gasteiger charge is 2.07. The molecular formula is C17H18NO6-. The molecule has 0 spiro atoms. The molecule has 7 heteroatoms. The van der Waals surface area contributed by atoms with Gasteiger partial charge in [-0.15, -0.1) is 0 Å². The number of amides is 1. The Bertz CT molecular complexity index is 795. The van der Waals surface area contributed by atoms with E-state index in [2.05, 4.69) is 5.32 Å². The molecule has 24 heavy (non-hydrogen) atoms. The van der Waals surface area contributed by atoms with Gasteiger partial charge in [-0.3, -0.25) is 4.79 Å². The zero-order valence-electron chi connectivity index (χ0n) is 13.3. The summed E-state index contributed by atoms with van der Waals surface area (Å²) in [6.07, 6.45) is 0.899. The molecule has 7 nitrogen and oxygen atoms in total. The lowest BCUT2D eigenvalue weighted by atomic mass is 10.1. The molecule has 1 heterocycles. The molecule has 0 saturated carbocycles. The van der Waals surface area contributed by atoms with Crippen LogP contribution in [0.3, 0.4) is 0 Å². The standard InChI is InChI=1S/C17H19NO6/c1-2-11-8-17(22)24-14-9-12(5-6-13(11)14)23-10-15(19)18-7-3-4-16(20)21/h5-6,8-9H,2-4,7,10H2,1H3,(H,18,19)(H,20,21)/p-1. The third kappa shape index (κ3) is 4.84. The van der Waals surface area contributed by atoms with E-state index in [1.54, 1.807) is 18.2 Å². The number of carboxylic acid groups (broad SMARTS) is 1. The van der Waals surface area contributed by atoms with Crippen molar-refractivity contribution in [3.8, 4) is 5.75 Å². The molecule has 1 N–H and O–H groups in total. The molecule has 0 aliphatic heterocycles. The Morgan fingerprint density at radius 1 is 1.29 bits per heavy atom. The second-order valence-corrected chi connectivity index (χ2v) is 5.22. The SMILES string of the molecule is CCc1cc(=O)oc2cc(OCC(=O)NCCCC(=O)[O-])ccc12. The van der Waals surface area contributed by atoms with Crippen LogP contribution in [0.2, 0.25) is 0 Å². The molecule has 0 saturated heterocycles. The maximum Gasteiger partial charge on any atom is 0.336 e. The normalized spacial score (nSPS) is 10.5. The summed E-state index contributed by atoms with van der Waals surface area (Å²) in [6, 6.07) is 6.51. The fourth-order valence-electron chi connectivity index (χ4n) is 2.25. The lowest BCUT2D eigenvalue weighted by Gasteiger charge is -2.09. The van der Waals surface area contributed by atoms with Crippen LogP contribution in [0, 0.1) is 0 Å². The molecule has 128 valence electrons. The Balaban J connectivity index is 1.94. The number of hydrogen-bond donors (Lipinski definition) is 1. The van der Waals surface area contributed by atoms with Crippen LogP contribution in [-0.4, -0.2) is 25.0 Å². The van der Waals surface area contributed by atoms with Crippen LogP contribution in [-0.2, 0) is 16.0 Å². The van der Waals surface area contributed by atoms with Gasteiger partial charge in [0, 0.05) is 30.0 Å². The van der Waals surface area contributed by atoms with Crippen LogP contribution in [0.15, 0.2) is 33.5 Å². The first-order chi connectivity index (χ1) is 11.5. The monoisotopic (exact) mass is 332 g/mol. The lowest BCUT2D eigenvalue weighted by molar-refractivity contribution is -0.305. The Hall–Kier alpha value is -2.83. The third-order valence-corrected chi connectivity index (χ3v) is 3.43. The predicted molar refractivity (Wildman–Crippen MR) is 84.6 cm³/mol. The minimum atomic E-state index is -1.15. The molecule has 0 aliphatic carbocycles. The quantitative estimate of drug-likeness (QED) is 0.553. The number of carbonyl (C=O) groups is 2. The number of aryl methyl sites for hydroxylation is 1. The molecule has 0 atom stereocenters. The van der Waals surface area contributed by atoms with Crippen molar-refractivity contribution in [3.05, 3.63) is 40.2 Å². The van der Waals surface area contributed by atoms with Crippen molar-refractivity contribution in [3.63, 3.8) is 0 Å². The summed E-state index contributed by atoms with van der Waals surface area (Å²) >= 11 is 0. The van der Waals surface area contributed by atoms with Gasteiger partial charge in [-0.25, -0.2) is 4.79 Å². The lowest BCUT2D eigenvalue weighted by Crippen LogP contribution is -2.31. The van der Waals surface area contributed by atoms with E-state index in [0.29, 0.717) is 24.2 Å². The third-order valence-electron chi connectivity index (χ3n) is 3.43. The van der Waals surface area contributed by atoms with E-state index in [4.69, 9.17) is 9.15 Å². The molecule has 1 amide bonds. The van der Waals surface area contributed by atoms with Crippen LogP contribution >= 0.6 is 0 Å². The summed E-state index contributed by atoms with van der Waals surface area (Å²) in [4.78, 5) is 33.4. The smallest absolute Gasteiger partial charge is 0.336 e. The molecular weight excluding hydrogens is 314 g/mol. The zero-order valence-corrected chi connectivity index (χ0v) is 13.3. The average molecular weight is 332 g/mol. The number of aliphatic carboxylic acids is 1. The van der Waals surface area contributed by atoms with Gasteiger partial charge in [0.2, 0.25) is 0 Å². The van der Waals surface area contributed by atoms with Crippen molar-refractivity contribution in [2.24, 2.45) is 0 Å². The number of nitrogens with one attached hydrogen (secondary N) is 1. The van der Waals surface area contributed by atoms with Gasteiger partial charge in [0.25, 0.3) is 5.91 Å². The summed E-state index contributed by atoms with van der Waals surface area (Å²) in [6.45, 7) is 1.97. The molecule has 0 bridgehead atoms. The number of carbonyl (C=O) groups excluding carboxylic acids is 2. The first-order valence-electron chi connectivity index (χ1n) is 7.65. The van der Waals surface area contributed by atoms with Crippen molar-refractivity contribution >= 4 is 22.8 Å². The fourth-order valence-corrected chi connectivity index (χ4v) is 2.25. The Kier molecular flexibility index (Phi) is 5.95. The van der Waals surface area contributed by atoms with Crippen molar-refractivity contribution < 1.29 is 23.8 Å². The number of ether oxygens (including phenoxy) is 1. The molecule has 0 aliphatic rings. The van der Waals surface area contributed by atoms with Crippen molar-refractivity contribution in [1.82, 2.24) is 5.32 Å². The van der Waals surface area contributed by atoms with Gasteiger partial charge in [-0.05, 0) is 37.0 Å². The molecule has 2 aromatic rings. The largest absolute Gasteiger partial charge is 0.550 e. The van der Waals surface area contributed by atoms with Gasteiger partial charge >= 0.3 is 5.63 Å². The molecule has 0 fully saturated rings. The van der Waals surface area contributed by atoms with Gasteiger partial charge in [-0.2, -0.15) is 0 Å². The number of carboxylic acids is 1. The first-order valence-corrected chi connectivity index (χ1v) is 7.65. The zero-order chi connectivity index (χ0) is 17.5. The van der Waals surface area contributed by atoms with Gasteiger partial charge in [0.15, 0.2) is 6.61 Å². The van der Waals surface area contributed by atoms with Gasteiger partial charge in [0.1, 0.15) is 11.3 Å². The van der Waals surface area contributed by atoms with Crippen LogP contribution in [0.4, 0.5) is 0 Å². The summed E-state index contributed by atoms with van der Waals surface area (Å²) in [5.74, 6) is -1.11. The van der Waals surface area contributed by atoms with E-state index in [1.807, 2.05) is 6.92 Å². The molecule has 2 rings (SSSR count). The second-order valence-electron chi connectivity index (χ2n) is 5.22. The second kappa shape index (κ2) is 8.14. The Labute approximate surface area is 138 Å². The highest BCUT2D eigenvalue weighted by atomic mass is 16.5. The predicted octanol–water partition coefficient (Wildman–Crippen LogP) is 0.380. The van der Waals surface area contributed by atoms with E-state index in [9.17, 15) is 19.5 Å². The van der Waals surface area contributed by atoms with Gasteiger partial charge in [-0.1, -0.05) is 6.92 Å². The number of fused-ring (bicyclic) bond motifs is 1. The maximum absolute atomic E-state index is 11.6. The minimum absolute atomic E-state index is 0.107. The molecule has 1 aromatic carbocycles. The number of hydrogen-bond acceptors (Lipinski definition) is 6. The summed E-state index contributed by atoms with van der Waals surface area (Å²) in [5.41, 5.74) is 0.867. The van der Waals surface area contributed by atoms with E-state index < -0.39 is 11.6 Å². The van der Waals surface area contributed by atoms with Crippen LogP contribution < -0.4 is 20.8 Å². The molecule has 0 unspecified atom stereocenters. The van der Waals surface area contributed by atoms with E-state index in [0.717, 1.165) is 10.9 Å². The number of rotatable bonds is 8. The van der Waals surface area contributed by atoms with E-state index >= 15 is 0 Å². The average Bonchev–Trinajstić information content (AvgIpc) is 2.55. The van der Waals surface area contributed by atoms with Crippen LogP contribution in [0.1, 0.15) is 25.3 Å². The van der Waals surface area contributed by atoms with Crippen LogP contribution in [0.25, 0.3) is 11.0 Å². The topological polar surface area (TPSA) is 109 Å². The highest BCUT2D eigenvalue weighted by molar-refractivity contribution is 5.82. The number of benzene rings is 1. The highest BCUT2D eigenvalue weighted by Crippen LogP contribution is 2.22.